The summed E-state index contributed by atoms with van der Waals surface area (Å²) >= 11 is 5.78. The molecule has 136 valence electrons. The first-order valence-corrected chi connectivity index (χ1v) is 8.45. The molecule has 1 heterocycles. The maximum absolute atomic E-state index is 13.4. The Bertz CT molecular complexity index is 853. The molecule has 0 aromatic heterocycles. The highest BCUT2D eigenvalue weighted by Crippen LogP contribution is 2.30. The molecule has 1 saturated heterocycles. The second-order valence-electron chi connectivity index (χ2n) is 6.25. The smallest absolute Gasteiger partial charge is 0.266 e. The van der Waals surface area contributed by atoms with Crippen LogP contribution in [0, 0.1) is 11.6 Å². The van der Waals surface area contributed by atoms with Crippen LogP contribution in [0.25, 0.3) is 0 Å². The van der Waals surface area contributed by atoms with E-state index in [1.54, 1.807) is 0 Å². The van der Waals surface area contributed by atoms with Gasteiger partial charge in [0.15, 0.2) is 5.78 Å². The fourth-order valence-electron chi connectivity index (χ4n) is 3.07. The second-order valence-corrected chi connectivity index (χ2v) is 6.68. The van der Waals surface area contributed by atoms with Crippen LogP contribution in [0.3, 0.4) is 0 Å². The average molecular weight is 380 g/mol. The lowest BCUT2D eigenvalue weighted by Gasteiger charge is -2.21. The molecule has 0 bridgehead atoms. The van der Waals surface area contributed by atoms with Gasteiger partial charge in [0.2, 0.25) is 5.60 Å². The van der Waals surface area contributed by atoms with Gasteiger partial charge >= 0.3 is 0 Å². The number of halogens is 3. The summed E-state index contributed by atoms with van der Waals surface area (Å²) in [5, 5.41) is 10.8. The van der Waals surface area contributed by atoms with Crippen LogP contribution >= 0.6 is 11.6 Å². The molecule has 26 heavy (non-hydrogen) atoms. The van der Waals surface area contributed by atoms with E-state index in [-0.39, 0.29) is 36.5 Å². The standard InChI is InChI=1S/C19H16ClF2NO3/c20-13-8-12(9-15(22)10-13)4-5-17(24)19(26)6-7-23(18(19)25)16-3-1-2-14(21)11-16/h1-3,8-11,26H,4-7H2/t19-/m1/s1. The predicted octanol–water partition coefficient (Wildman–Crippen LogP) is 3.29. The monoisotopic (exact) mass is 379 g/mol. The maximum Gasteiger partial charge on any atom is 0.266 e. The van der Waals surface area contributed by atoms with E-state index in [1.165, 1.54) is 41.3 Å². The summed E-state index contributed by atoms with van der Waals surface area (Å²) in [4.78, 5) is 26.2. The molecule has 4 nitrogen and oxygen atoms in total. The normalized spacial score (nSPS) is 19.8. The zero-order valence-corrected chi connectivity index (χ0v) is 14.5. The number of benzene rings is 2. The maximum atomic E-state index is 13.4. The molecule has 1 N–H and O–H groups in total. The number of carbonyl (C=O) groups is 2. The number of aryl methyl sites for hydroxylation is 1. The van der Waals surface area contributed by atoms with Crippen LogP contribution in [0.15, 0.2) is 42.5 Å². The second kappa shape index (κ2) is 7.13. The van der Waals surface area contributed by atoms with Gasteiger partial charge in [0, 0.05) is 30.1 Å². The molecule has 0 saturated carbocycles. The Balaban J connectivity index is 1.71. The quantitative estimate of drug-likeness (QED) is 0.811. The lowest BCUT2D eigenvalue weighted by molar-refractivity contribution is -0.147. The first-order chi connectivity index (χ1) is 12.3. The van der Waals surface area contributed by atoms with Crippen molar-refractivity contribution < 1.29 is 23.5 Å². The van der Waals surface area contributed by atoms with Crippen molar-refractivity contribution in [1.82, 2.24) is 0 Å². The Labute approximate surface area is 154 Å². The Morgan fingerprint density at radius 2 is 1.96 bits per heavy atom. The summed E-state index contributed by atoms with van der Waals surface area (Å²) in [6, 6.07) is 9.32. The molecule has 2 aromatic rings. The zero-order chi connectivity index (χ0) is 18.9. The Morgan fingerprint density at radius 3 is 2.65 bits per heavy atom. The van der Waals surface area contributed by atoms with Gasteiger partial charge in [-0.2, -0.15) is 0 Å². The molecule has 3 rings (SSSR count). The lowest BCUT2D eigenvalue weighted by Crippen LogP contribution is -2.47. The number of aliphatic hydroxyl groups is 1. The molecule has 1 amide bonds. The molecule has 1 fully saturated rings. The van der Waals surface area contributed by atoms with Gasteiger partial charge in [-0.15, -0.1) is 0 Å². The highest BCUT2D eigenvalue weighted by Gasteiger charge is 2.50. The van der Waals surface area contributed by atoms with Crippen LogP contribution in [0.5, 0.6) is 0 Å². The molecule has 0 unspecified atom stereocenters. The molecular formula is C19H16ClF2NO3. The van der Waals surface area contributed by atoms with E-state index >= 15 is 0 Å². The van der Waals surface area contributed by atoms with E-state index in [9.17, 15) is 23.5 Å². The highest BCUT2D eigenvalue weighted by molar-refractivity contribution is 6.30. The third-order valence-electron chi connectivity index (χ3n) is 4.44. The van der Waals surface area contributed by atoms with Gasteiger partial charge < -0.3 is 10.0 Å². The number of ketones is 1. The lowest BCUT2D eigenvalue weighted by atomic mass is 9.92. The number of Topliss-reactive ketones (excluding diaryl/α,β-unsaturated/α-hetero) is 1. The summed E-state index contributed by atoms with van der Waals surface area (Å²) in [5.41, 5.74) is -1.36. The van der Waals surface area contributed by atoms with E-state index < -0.39 is 28.9 Å². The Hall–Kier alpha value is -2.31. The number of anilines is 1. The topological polar surface area (TPSA) is 57.6 Å². The molecule has 0 aliphatic carbocycles. The fraction of sp³-hybridized carbons (Fsp3) is 0.263. The van der Waals surface area contributed by atoms with Gasteiger partial charge in [0.25, 0.3) is 5.91 Å². The van der Waals surface area contributed by atoms with E-state index in [4.69, 9.17) is 11.6 Å². The zero-order valence-electron chi connectivity index (χ0n) is 13.7. The molecule has 0 spiro atoms. The van der Waals surface area contributed by atoms with Crippen molar-refractivity contribution in [2.75, 3.05) is 11.4 Å². The number of carbonyl (C=O) groups excluding carboxylic acids is 2. The first kappa shape index (κ1) is 18.5. The fourth-order valence-corrected chi connectivity index (χ4v) is 3.32. The molecule has 2 aromatic carbocycles. The van der Waals surface area contributed by atoms with Crippen molar-refractivity contribution >= 4 is 29.0 Å². The van der Waals surface area contributed by atoms with E-state index in [2.05, 4.69) is 0 Å². The van der Waals surface area contributed by atoms with Crippen molar-refractivity contribution in [2.45, 2.75) is 24.9 Å². The van der Waals surface area contributed by atoms with E-state index in [0.29, 0.717) is 5.56 Å². The summed E-state index contributed by atoms with van der Waals surface area (Å²) < 4.78 is 26.7. The van der Waals surface area contributed by atoms with Crippen LogP contribution < -0.4 is 4.90 Å². The number of hydrogen-bond donors (Lipinski definition) is 1. The highest BCUT2D eigenvalue weighted by atomic mass is 35.5. The summed E-state index contributed by atoms with van der Waals surface area (Å²) in [7, 11) is 0. The molecule has 0 radical (unpaired) electrons. The molecular weight excluding hydrogens is 364 g/mol. The third kappa shape index (κ3) is 3.61. The molecule has 1 aliphatic rings. The van der Waals surface area contributed by atoms with Gasteiger partial charge in [-0.05, 0) is 48.4 Å². The van der Waals surface area contributed by atoms with Crippen molar-refractivity contribution in [3.8, 4) is 0 Å². The SMILES string of the molecule is O=C(CCc1cc(F)cc(Cl)c1)[C@]1(O)CCN(c2cccc(F)c2)C1=O. The average Bonchev–Trinajstić information content (AvgIpc) is 2.88. The Morgan fingerprint density at radius 1 is 1.19 bits per heavy atom. The number of amides is 1. The number of rotatable bonds is 5. The summed E-state index contributed by atoms with van der Waals surface area (Å²) in [6.45, 7) is 0.107. The third-order valence-corrected chi connectivity index (χ3v) is 4.66. The number of nitrogens with zero attached hydrogens (tertiary/aromatic N) is 1. The van der Waals surface area contributed by atoms with Crippen molar-refractivity contribution in [1.29, 1.82) is 0 Å². The van der Waals surface area contributed by atoms with Gasteiger partial charge in [-0.25, -0.2) is 8.78 Å². The van der Waals surface area contributed by atoms with Crippen molar-refractivity contribution in [3.63, 3.8) is 0 Å². The largest absolute Gasteiger partial charge is 0.373 e. The summed E-state index contributed by atoms with van der Waals surface area (Å²) in [5.74, 6) is -2.46. The van der Waals surface area contributed by atoms with Crippen LogP contribution in [-0.4, -0.2) is 28.9 Å². The van der Waals surface area contributed by atoms with Crippen molar-refractivity contribution in [2.24, 2.45) is 0 Å². The van der Waals surface area contributed by atoms with Gasteiger partial charge in [0.1, 0.15) is 11.6 Å². The molecule has 7 heteroatoms. The minimum Gasteiger partial charge on any atom is -0.373 e. The first-order valence-electron chi connectivity index (χ1n) is 8.08. The van der Waals surface area contributed by atoms with Gasteiger partial charge in [-0.1, -0.05) is 17.7 Å². The summed E-state index contributed by atoms with van der Waals surface area (Å²) in [6.07, 6.45) is -0.0734. The predicted molar refractivity (Wildman–Crippen MR) is 93.1 cm³/mol. The molecule has 1 aliphatic heterocycles. The minimum atomic E-state index is -2.15. The van der Waals surface area contributed by atoms with E-state index in [0.717, 1.165) is 6.07 Å². The van der Waals surface area contributed by atoms with Crippen LogP contribution in [-0.2, 0) is 16.0 Å². The van der Waals surface area contributed by atoms with Crippen LogP contribution in [0.2, 0.25) is 5.02 Å². The van der Waals surface area contributed by atoms with Crippen LogP contribution in [0.1, 0.15) is 18.4 Å². The Kier molecular flexibility index (Phi) is 5.07. The van der Waals surface area contributed by atoms with Crippen LogP contribution in [0.4, 0.5) is 14.5 Å². The van der Waals surface area contributed by atoms with E-state index in [1.807, 2.05) is 0 Å². The van der Waals surface area contributed by atoms with Gasteiger partial charge in [0.05, 0.1) is 0 Å². The van der Waals surface area contributed by atoms with Gasteiger partial charge in [-0.3, -0.25) is 9.59 Å². The minimum absolute atomic E-state index is 0.0783. The van der Waals surface area contributed by atoms with Crippen molar-refractivity contribution in [3.05, 3.63) is 64.7 Å². The number of hydrogen-bond acceptors (Lipinski definition) is 3. The molecule has 1 atom stereocenters.